The Morgan fingerprint density at radius 3 is 2.66 bits per heavy atom. The summed E-state index contributed by atoms with van der Waals surface area (Å²) in [5, 5.41) is 13.2. The molecule has 2 aromatic rings. The maximum atomic E-state index is 13.0. The van der Waals surface area contributed by atoms with E-state index in [0.717, 1.165) is 17.7 Å². The van der Waals surface area contributed by atoms with Gasteiger partial charge in [0.05, 0.1) is 5.69 Å². The highest BCUT2D eigenvalue weighted by Gasteiger charge is 2.28. The zero-order valence-electron chi connectivity index (χ0n) is 16.6. The van der Waals surface area contributed by atoms with Gasteiger partial charge in [0.25, 0.3) is 5.91 Å². The Hall–Kier alpha value is -3.23. The van der Waals surface area contributed by atoms with E-state index in [2.05, 4.69) is 10.1 Å². The van der Waals surface area contributed by atoms with E-state index in [9.17, 15) is 14.4 Å². The Kier molecular flexibility index (Phi) is 6.26. The topological polar surface area (TPSA) is 109 Å². The van der Waals surface area contributed by atoms with Crippen LogP contribution in [0.25, 0.3) is 5.69 Å². The van der Waals surface area contributed by atoms with Crippen molar-refractivity contribution in [2.24, 2.45) is 0 Å². The molecule has 0 bridgehead atoms. The Labute approximate surface area is 168 Å². The molecular weight excluding hydrogens is 374 g/mol. The Morgan fingerprint density at radius 2 is 2.03 bits per heavy atom. The molecule has 9 nitrogen and oxygen atoms in total. The molecule has 0 spiro atoms. The number of carbonyl (C=O) groups is 3. The third-order valence-corrected chi connectivity index (χ3v) is 5.24. The monoisotopic (exact) mass is 399 g/mol. The molecule has 29 heavy (non-hydrogen) atoms. The van der Waals surface area contributed by atoms with Crippen molar-refractivity contribution in [1.29, 1.82) is 0 Å². The highest BCUT2D eigenvalue weighted by Crippen LogP contribution is 2.21. The molecule has 1 aromatic carbocycles. The van der Waals surface area contributed by atoms with Gasteiger partial charge in [-0.3, -0.25) is 14.4 Å². The van der Waals surface area contributed by atoms with Crippen molar-refractivity contribution in [3.63, 3.8) is 0 Å². The lowest BCUT2D eigenvalue weighted by molar-refractivity contribution is -0.145. The number of hydrogen-bond donors (Lipinski definition) is 1. The lowest BCUT2D eigenvalue weighted by Crippen LogP contribution is -2.43. The first-order valence-electron chi connectivity index (χ1n) is 9.60. The van der Waals surface area contributed by atoms with Gasteiger partial charge in [-0.15, -0.1) is 0 Å². The van der Waals surface area contributed by atoms with Gasteiger partial charge in [0.2, 0.25) is 5.91 Å². The molecule has 1 saturated heterocycles. The van der Waals surface area contributed by atoms with Crippen LogP contribution < -0.4 is 0 Å². The van der Waals surface area contributed by atoms with Gasteiger partial charge in [-0.1, -0.05) is 0 Å². The molecule has 1 aromatic heterocycles. The van der Waals surface area contributed by atoms with Crippen molar-refractivity contribution < 1.29 is 19.5 Å². The van der Waals surface area contributed by atoms with Gasteiger partial charge in [-0.05, 0) is 49.9 Å². The molecule has 1 N–H and O–H groups in total. The molecule has 1 fully saturated rings. The SMILES string of the molecule is CC(=O)N(CC(=O)O)C1CCCN(C(=O)c2ccc(-n3cncn3)c(C)c2)CC1. The quantitative estimate of drug-likeness (QED) is 0.816. The predicted molar refractivity (Wildman–Crippen MR) is 105 cm³/mol. The fourth-order valence-corrected chi connectivity index (χ4v) is 3.80. The van der Waals surface area contributed by atoms with E-state index in [0.29, 0.717) is 31.5 Å². The molecule has 2 heterocycles. The fraction of sp³-hybridized carbons (Fsp3) is 0.450. The molecule has 1 unspecified atom stereocenters. The van der Waals surface area contributed by atoms with E-state index in [1.165, 1.54) is 18.2 Å². The van der Waals surface area contributed by atoms with Gasteiger partial charge >= 0.3 is 5.97 Å². The zero-order chi connectivity index (χ0) is 21.0. The molecule has 3 rings (SSSR count). The summed E-state index contributed by atoms with van der Waals surface area (Å²) in [6.45, 7) is 4.06. The molecule has 1 aliphatic heterocycles. The minimum absolute atomic E-state index is 0.0634. The predicted octanol–water partition coefficient (Wildman–Crippen LogP) is 1.50. The summed E-state index contributed by atoms with van der Waals surface area (Å²) in [6, 6.07) is 5.30. The highest BCUT2D eigenvalue weighted by molar-refractivity contribution is 5.94. The van der Waals surface area contributed by atoms with Crippen LogP contribution in [0, 0.1) is 6.92 Å². The molecular formula is C20H25N5O4. The zero-order valence-corrected chi connectivity index (χ0v) is 16.6. The molecule has 9 heteroatoms. The summed E-state index contributed by atoms with van der Waals surface area (Å²) >= 11 is 0. The van der Waals surface area contributed by atoms with E-state index < -0.39 is 5.97 Å². The number of aryl methyl sites for hydroxylation is 1. The van der Waals surface area contributed by atoms with Crippen LogP contribution in [0.5, 0.6) is 0 Å². The number of carboxylic acids is 1. The number of likely N-dealkylation sites (tertiary alicyclic amines) is 1. The van der Waals surface area contributed by atoms with Crippen LogP contribution in [0.3, 0.4) is 0 Å². The second-order valence-electron chi connectivity index (χ2n) is 7.26. The minimum atomic E-state index is -1.03. The number of aromatic nitrogens is 3. The van der Waals surface area contributed by atoms with Crippen molar-refractivity contribution >= 4 is 17.8 Å². The van der Waals surface area contributed by atoms with Gasteiger partial charge in [0, 0.05) is 31.6 Å². The van der Waals surface area contributed by atoms with Crippen LogP contribution in [0.2, 0.25) is 0 Å². The molecule has 0 aliphatic carbocycles. The Balaban J connectivity index is 1.70. The van der Waals surface area contributed by atoms with E-state index in [-0.39, 0.29) is 24.4 Å². The van der Waals surface area contributed by atoms with Crippen LogP contribution >= 0.6 is 0 Å². The average Bonchev–Trinajstić information content (AvgIpc) is 3.09. The van der Waals surface area contributed by atoms with Crippen molar-refractivity contribution in [2.75, 3.05) is 19.6 Å². The fourth-order valence-electron chi connectivity index (χ4n) is 3.80. The number of benzene rings is 1. The molecule has 1 aliphatic rings. The summed E-state index contributed by atoms with van der Waals surface area (Å²) in [7, 11) is 0. The van der Waals surface area contributed by atoms with Crippen molar-refractivity contribution in [3.05, 3.63) is 42.0 Å². The van der Waals surface area contributed by atoms with Crippen LogP contribution in [-0.4, -0.2) is 73.1 Å². The first-order chi connectivity index (χ1) is 13.9. The van der Waals surface area contributed by atoms with Crippen molar-refractivity contribution in [1.82, 2.24) is 24.6 Å². The Bertz CT molecular complexity index is 896. The normalized spacial score (nSPS) is 16.9. The second kappa shape index (κ2) is 8.85. The minimum Gasteiger partial charge on any atom is -0.480 e. The summed E-state index contributed by atoms with van der Waals surface area (Å²) < 4.78 is 1.65. The van der Waals surface area contributed by atoms with E-state index in [1.54, 1.807) is 22.0 Å². The maximum absolute atomic E-state index is 13.0. The van der Waals surface area contributed by atoms with E-state index >= 15 is 0 Å². The van der Waals surface area contributed by atoms with Gasteiger partial charge < -0.3 is 14.9 Å². The smallest absolute Gasteiger partial charge is 0.323 e. The van der Waals surface area contributed by atoms with Crippen LogP contribution in [0.1, 0.15) is 42.1 Å². The number of hydrogen-bond acceptors (Lipinski definition) is 5. The summed E-state index contributed by atoms with van der Waals surface area (Å²) in [5.41, 5.74) is 2.37. The van der Waals surface area contributed by atoms with Crippen LogP contribution in [-0.2, 0) is 9.59 Å². The summed E-state index contributed by atoms with van der Waals surface area (Å²) in [6.07, 6.45) is 5.03. The average molecular weight is 399 g/mol. The highest BCUT2D eigenvalue weighted by atomic mass is 16.4. The molecule has 0 radical (unpaired) electrons. The number of rotatable bonds is 5. The van der Waals surface area contributed by atoms with Gasteiger partial charge in [0.15, 0.2) is 0 Å². The lowest BCUT2D eigenvalue weighted by atomic mass is 10.1. The summed E-state index contributed by atoms with van der Waals surface area (Å²) in [4.78, 5) is 43.1. The summed E-state index contributed by atoms with van der Waals surface area (Å²) in [5.74, 6) is -1.34. The molecule has 2 amide bonds. The third kappa shape index (κ3) is 4.79. The first kappa shape index (κ1) is 20.5. The third-order valence-electron chi connectivity index (χ3n) is 5.24. The van der Waals surface area contributed by atoms with E-state index in [4.69, 9.17) is 5.11 Å². The van der Waals surface area contributed by atoms with Crippen LogP contribution in [0.4, 0.5) is 0 Å². The van der Waals surface area contributed by atoms with Crippen molar-refractivity contribution in [3.8, 4) is 5.69 Å². The molecule has 0 saturated carbocycles. The Morgan fingerprint density at radius 1 is 1.24 bits per heavy atom. The van der Waals surface area contributed by atoms with E-state index in [1.807, 2.05) is 19.1 Å². The largest absolute Gasteiger partial charge is 0.480 e. The molecule has 1 atom stereocenters. The van der Waals surface area contributed by atoms with Gasteiger partial charge in [-0.2, -0.15) is 5.10 Å². The number of carboxylic acid groups (broad SMARTS) is 1. The van der Waals surface area contributed by atoms with Crippen LogP contribution in [0.15, 0.2) is 30.9 Å². The number of aliphatic carboxylic acids is 1. The standard InChI is InChI=1S/C20H25N5O4/c1-14-10-16(5-6-18(14)25-13-21-12-22-25)20(29)23-8-3-4-17(7-9-23)24(15(2)26)11-19(27)28/h5-6,10,12-13,17H,3-4,7-9,11H2,1-2H3,(H,27,28). The number of nitrogens with zero attached hydrogens (tertiary/aromatic N) is 5. The maximum Gasteiger partial charge on any atom is 0.323 e. The molecule has 154 valence electrons. The number of carbonyl (C=O) groups excluding carboxylic acids is 2. The number of amides is 2. The lowest BCUT2D eigenvalue weighted by Gasteiger charge is -2.29. The van der Waals surface area contributed by atoms with Gasteiger partial charge in [0.1, 0.15) is 19.2 Å². The second-order valence-corrected chi connectivity index (χ2v) is 7.26. The van der Waals surface area contributed by atoms with Gasteiger partial charge in [-0.25, -0.2) is 9.67 Å². The van der Waals surface area contributed by atoms with Crippen molar-refractivity contribution in [2.45, 2.75) is 39.2 Å². The first-order valence-corrected chi connectivity index (χ1v) is 9.60.